The van der Waals surface area contributed by atoms with E-state index in [9.17, 15) is 9.59 Å². The molecule has 2 aromatic rings. The fourth-order valence-electron chi connectivity index (χ4n) is 3.54. The molecule has 138 valence electrons. The van der Waals surface area contributed by atoms with Gasteiger partial charge in [0, 0.05) is 0 Å². The van der Waals surface area contributed by atoms with Crippen molar-refractivity contribution in [2.75, 3.05) is 4.90 Å². The SMILES string of the molecule is CCc1ccc(CN2N=N[C@@H]3C(=O)N(c4ccc(C)c(C)c4)C(=O)[C@H]32)cc1. The Morgan fingerprint density at radius 3 is 2.30 bits per heavy atom. The van der Waals surface area contributed by atoms with Gasteiger partial charge in [-0.2, -0.15) is 5.11 Å². The average molecular weight is 362 g/mol. The lowest BCUT2D eigenvalue weighted by Crippen LogP contribution is -2.39. The highest BCUT2D eigenvalue weighted by Crippen LogP contribution is 2.33. The monoisotopic (exact) mass is 362 g/mol. The summed E-state index contributed by atoms with van der Waals surface area (Å²) in [5.74, 6) is -0.565. The standard InChI is InChI=1S/C21H22N4O2/c1-4-15-6-8-16(9-7-15)12-24-19-18(22-23-24)20(26)25(21(19)27)17-10-5-13(2)14(3)11-17/h5-11,18-19H,4,12H2,1-3H3/t18-,19-/m0/s1. The molecule has 0 N–H and O–H groups in total. The van der Waals surface area contributed by atoms with Gasteiger partial charge in [-0.1, -0.05) is 42.5 Å². The highest BCUT2D eigenvalue weighted by Gasteiger charge is 2.54. The average Bonchev–Trinajstić information content (AvgIpc) is 3.18. The van der Waals surface area contributed by atoms with Gasteiger partial charge in [0.1, 0.15) is 0 Å². The lowest BCUT2D eigenvalue weighted by atomic mass is 10.1. The molecule has 0 aliphatic carbocycles. The first kappa shape index (κ1) is 17.4. The molecule has 27 heavy (non-hydrogen) atoms. The smallest absolute Gasteiger partial charge is 0.263 e. The number of carbonyl (C=O) groups excluding carboxylic acids is 2. The van der Waals surface area contributed by atoms with Crippen molar-refractivity contribution in [1.82, 2.24) is 5.01 Å². The van der Waals surface area contributed by atoms with E-state index in [4.69, 9.17) is 0 Å². The third kappa shape index (κ3) is 2.91. The summed E-state index contributed by atoms with van der Waals surface area (Å²) < 4.78 is 0. The Balaban J connectivity index is 1.58. The van der Waals surface area contributed by atoms with Crippen LogP contribution in [0.15, 0.2) is 52.8 Å². The first-order chi connectivity index (χ1) is 13.0. The summed E-state index contributed by atoms with van der Waals surface area (Å²) in [6, 6.07) is 12.4. The Morgan fingerprint density at radius 1 is 0.926 bits per heavy atom. The summed E-state index contributed by atoms with van der Waals surface area (Å²) in [7, 11) is 0. The molecule has 2 aliphatic heterocycles. The van der Waals surface area contributed by atoms with E-state index in [1.807, 2.05) is 44.2 Å². The number of hydrogen-bond acceptors (Lipinski definition) is 5. The van der Waals surface area contributed by atoms with Gasteiger partial charge in [-0.05, 0) is 54.7 Å². The van der Waals surface area contributed by atoms with Crippen LogP contribution in [-0.4, -0.2) is 28.9 Å². The topological polar surface area (TPSA) is 65.3 Å². The van der Waals surface area contributed by atoms with Crippen LogP contribution in [0.1, 0.15) is 29.2 Å². The Hall–Kier alpha value is -3.02. The Morgan fingerprint density at radius 2 is 1.63 bits per heavy atom. The van der Waals surface area contributed by atoms with Gasteiger partial charge in [-0.3, -0.25) is 14.6 Å². The zero-order valence-corrected chi connectivity index (χ0v) is 15.7. The predicted molar refractivity (Wildman–Crippen MR) is 102 cm³/mol. The van der Waals surface area contributed by atoms with Crippen molar-refractivity contribution in [3.8, 4) is 0 Å². The second kappa shape index (κ2) is 6.61. The molecule has 0 saturated carbocycles. The van der Waals surface area contributed by atoms with E-state index in [0.29, 0.717) is 12.2 Å². The molecule has 2 aliphatic rings. The van der Waals surface area contributed by atoms with Crippen molar-refractivity contribution < 1.29 is 9.59 Å². The van der Waals surface area contributed by atoms with Crippen molar-refractivity contribution in [3.05, 3.63) is 64.7 Å². The van der Waals surface area contributed by atoms with Gasteiger partial charge >= 0.3 is 0 Å². The molecular formula is C21H22N4O2. The van der Waals surface area contributed by atoms with Crippen molar-refractivity contribution in [2.24, 2.45) is 10.3 Å². The van der Waals surface area contributed by atoms with Gasteiger partial charge in [0.2, 0.25) is 0 Å². The molecule has 2 aromatic carbocycles. The van der Waals surface area contributed by atoms with Gasteiger partial charge in [0.05, 0.1) is 12.2 Å². The molecule has 0 radical (unpaired) electrons. The van der Waals surface area contributed by atoms with Crippen LogP contribution in [0, 0.1) is 13.8 Å². The van der Waals surface area contributed by atoms with Crippen LogP contribution < -0.4 is 4.90 Å². The number of benzene rings is 2. The van der Waals surface area contributed by atoms with Crippen molar-refractivity contribution in [3.63, 3.8) is 0 Å². The molecular weight excluding hydrogens is 340 g/mol. The lowest BCUT2D eigenvalue weighted by Gasteiger charge is -2.21. The maximum Gasteiger partial charge on any atom is 0.263 e. The van der Waals surface area contributed by atoms with E-state index in [1.165, 1.54) is 10.5 Å². The van der Waals surface area contributed by atoms with Gasteiger partial charge < -0.3 is 0 Å². The van der Waals surface area contributed by atoms with Gasteiger partial charge in [0.15, 0.2) is 12.1 Å². The molecule has 0 spiro atoms. The number of imide groups is 1. The second-order valence-corrected chi connectivity index (χ2v) is 7.14. The molecule has 4 rings (SSSR count). The highest BCUT2D eigenvalue weighted by atomic mass is 16.2. The summed E-state index contributed by atoms with van der Waals surface area (Å²) in [5, 5.41) is 9.84. The summed E-state index contributed by atoms with van der Waals surface area (Å²) in [5.41, 5.74) is 5.06. The number of aryl methyl sites for hydroxylation is 3. The van der Waals surface area contributed by atoms with E-state index in [1.54, 1.807) is 5.01 Å². The van der Waals surface area contributed by atoms with E-state index < -0.39 is 12.1 Å². The Kier molecular flexibility index (Phi) is 4.26. The van der Waals surface area contributed by atoms with Crippen LogP contribution in [0.25, 0.3) is 0 Å². The Bertz CT molecular complexity index is 936. The summed E-state index contributed by atoms with van der Waals surface area (Å²) in [4.78, 5) is 27.1. The fraction of sp³-hybridized carbons (Fsp3) is 0.333. The minimum absolute atomic E-state index is 0.261. The minimum atomic E-state index is -0.756. The highest BCUT2D eigenvalue weighted by molar-refractivity contribution is 6.25. The number of fused-ring (bicyclic) bond motifs is 1. The number of hydrogen-bond donors (Lipinski definition) is 0. The molecule has 1 saturated heterocycles. The zero-order valence-electron chi connectivity index (χ0n) is 15.7. The number of rotatable bonds is 4. The Labute approximate surface area is 158 Å². The van der Waals surface area contributed by atoms with Crippen LogP contribution in [0.4, 0.5) is 5.69 Å². The maximum atomic E-state index is 13.0. The quantitative estimate of drug-likeness (QED) is 0.784. The molecule has 2 heterocycles. The second-order valence-electron chi connectivity index (χ2n) is 7.14. The molecule has 6 heteroatoms. The summed E-state index contributed by atoms with van der Waals surface area (Å²) in [6.07, 6.45) is 0.978. The maximum absolute atomic E-state index is 13.0. The third-order valence-electron chi connectivity index (χ3n) is 5.38. The molecule has 0 bridgehead atoms. The van der Waals surface area contributed by atoms with Crippen LogP contribution in [-0.2, 0) is 22.6 Å². The first-order valence-corrected chi connectivity index (χ1v) is 9.20. The summed E-state index contributed by atoms with van der Waals surface area (Å²) in [6.45, 7) is 6.53. The van der Waals surface area contributed by atoms with Crippen molar-refractivity contribution in [1.29, 1.82) is 0 Å². The molecule has 6 nitrogen and oxygen atoms in total. The number of amides is 2. The predicted octanol–water partition coefficient (Wildman–Crippen LogP) is 3.36. The molecule has 2 atom stereocenters. The number of anilines is 1. The van der Waals surface area contributed by atoms with Gasteiger partial charge in [-0.15, -0.1) is 0 Å². The van der Waals surface area contributed by atoms with Gasteiger partial charge in [0.25, 0.3) is 11.8 Å². The first-order valence-electron chi connectivity index (χ1n) is 9.20. The van der Waals surface area contributed by atoms with E-state index in [2.05, 4.69) is 29.4 Å². The van der Waals surface area contributed by atoms with Crippen LogP contribution in [0.5, 0.6) is 0 Å². The van der Waals surface area contributed by atoms with Gasteiger partial charge in [-0.25, -0.2) is 4.90 Å². The number of nitrogens with zero attached hydrogens (tertiary/aromatic N) is 4. The van der Waals surface area contributed by atoms with E-state index in [-0.39, 0.29) is 11.8 Å². The molecule has 0 aromatic heterocycles. The fourth-order valence-corrected chi connectivity index (χ4v) is 3.54. The third-order valence-corrected chi connectivity index (χ3v) is 5.38. The molecule has 0 unspecified atom stereocenters. The van der Waals surface area contributed by atoms with Crippen LogP contribution in [0.3, 0.4) is 0 Å². The van der Waals surface area contributed by atoms with Crippen LogP contribution >= 0.6 is 0 Å². The zero-order chi connectivity index (χ0) is 19.1. The van der Waals surface area contributed by atoms with Crippen molar-refractivity contribution in [2.45, 2.75) is 45.8 Å². The molecule has 1 fully saturated rings. The summed E-state index contributed by atoms with van der Waals surface area (Å²) >= 11 is 0. The molecule has 2 amide bonds. The lowest BCUT2D eigenvalue weighted by molar-refractivity contribution is -0.123. The van der Waals surface area contributed by atoms with Crippen molar-refractivity contribution >= 4 is 17.5 Å². The van der Waals surface area contributed by atoms with Crippen LogP contribution in [0.2, 0.25) is 0 Å². The minimum Gasteiger partial charge on any atom is -0.271 e. The number of carbonyl (C=O) groups is 2. The van der Waals surface area contributed by atoms with E-state index in [0.717, 1.165) is 23.1 Å². The largest absolute Gasteiger partial charge is 0.271 e. The van der Waals surface area contributed by atoms with E-state index >= 15 is 0 Å². The normalized spacial score (nSPS) is 21.3.